The summed E-state index contributed by atoms with van der Waals surface area (Å²) in [5, 5.41) is 4.32. The molecule has 0 amide bonds. The summed E-state index contributed by atoms with van der Waals surface area (Å²) in [6.45, 7) is 0. The molecule has 0 saturated heterocycles. The zero-order valence-electron chi connectivity index (χ0n) is 12.0. The second kappa shape index (κ2) is 5.15. The molecule has 1 fully saturated rings. The van der Waals surface area contributed by atoms with Crippen LogP contribution in [0.4, 0.5) is 5.82 Å². The molecular formula is C17H15N5. The number of nitrogens with zero attached hydrogens (tertiary/aromatic N) is 4. The van der Waals surface area contributed by atoms with Crippen LogP contribution in [0.3, 0.4) is 0 Å². The molecule has 1 aliphatic rings. The van der Waals surface area contributed by atoms with Gasteiger partial charge in [0.2, 0.25) is 0 Å². The van der Waals surface area contributed by atoms with E-state index in [1.807, 2.05) is 30.3 Å². The molecule has 1 saturated carbocycles. The number of anilines is 1. The fraction of sp³-hybridized carbons (Fsp3) is 0.235. The molecular weight excluding hydrogens is 274 g/mol. The highest BCUT2D eigenvalue weighted by atomic mass is 15.3. The lowest BCUT2D eigenvalue weighted by Gasteiger charge is -2.23. The third kappa shape index (κ3) is 2.09. The zero-order valence-corrected chi connectivity index (χ0v) is 12.0. The smallest absolute Gasteiger partial charge is 0.154 e. The van der Waals surface area contributed by atoms with Gasteiger partial charge < -0.3 is 5.73 Å². The van der Waals surface area contributed by atoms with Crippen LogP contribution in [0.5, 0.6) is 0 Å². The molecule has 2 N–H and O–H groups in total. The van der Waals surface area contributed by atoms with Gasteiger partial charge in [0.25, 0.3) is 0 Å². The molecule has 0 spiro atoms. The normalized spacial score (nSPS) is 14.4. The molecule has 3 aromatic rings. The summed E-state index contributed by atoms with van der Waals surface area (Å²) >= 11 is 0. The van der Waals surface area contributed by atoms with Crippen molar-refractivity contribution in [3.05, 3.63) is 53.7 Å². The number of aromatic nitrogens is 4. The lowest BCUT2D eigenvalue weighted by Crippen LogP contribution is -2.14. The Hall–Kier alpha value is -2.87. The number of nitrogens with two attached hydrogens (primary N) is 1. The summed E-state index contributed by atoms with van der Waals surface area (Å²) < 4.78 is 1.81. The Bertz CT molecular complexity index is 882. The molecule has 4 rings (SSSR count). The summed E-state index contributed by atoms with van der Waals surface area (Å²) in [5.41, 5.74) is 8.34. The summed E-state index contributed by atoms with van der Waals surface area (Å²) in [6, 6.07) is 9.84. The van der Waals surface area contributed by atoms with Gasteiger partial charge in [-0.3, -0.25) is 0 Å². The van der Waals surface area contributed by atoms with E-state index in [0.29, 0.717) is 22.9 Å². The summed E-state index contributed by atoms with van der Waals surface area (Å²) in [5.74, 6) is 8.08. The Labute approximate surface area is 128 Å². The van der Waals surface area contributed by atoms with Gasteiger partial charge in [0.1, 0.15) is 23.4 Å². The zero-order chi connectivity index (χ0) is 14.9. The van der Waals surface area contributed by atoms with Crippen molar-refractivity contribution < 1.29 is 0 Å². The van der Waals surface area contributed by atoms with Crippen molar-refractivity contribution in [3.63, 3.8) is 0 Å². The number of rotatable bonds is 1. The lowest BCUT2D eigenvalue weighted by molar-refractivity contribution is 0.396. The van der Waals surface area contributed by atoms with Crippen LogP contribution >= 0.6 is 0 Å². The van der Waals surface area contributed by atoms with Crippen molar-refractivity contribution in [2.45, 2.75) is 25.2 Å². The number of hydrogen-bond acceptors (Lipinski definition) is 4. The first-order chi connectivity index (χ1) is 10.8. The van der Waals surface area contributed by atoms with E-state index in [1.54, 1.807) is 4.52 Å². The number of benzene rings is 1. The van der Waals surface area contributed by atoms with Crippen molar-refractivity contribution in [2.24, 2.45) is 0 Å². The van der Waals surface area contributed by atoms with E-state index in [1.165, 1.54) is 12.7 Å². The van der Waals surface area contributed by atoms with Gasteiger partial charge in [-0.2, -0.15) is 5.10 Å². The minimum absolute atomic E-state index is 0.422. The maximum absolute atomic E-state index is 6.02. The predicted molar refractivity (Wildman–Crippen MR) is 84.2 cm³/mol. The quantitative estimate of drug-likeness (QED) is 0.698. The summed E-state index contributed by atoms with van der Waals surface area (Å²) in [4.78, 5) is 8.77. The number of imidazole rings is 1. The number of fused-ring (bicyclic) bond motifs is 1. The summed E-state index contributed by atoms with van der Waals surface area (Å²) in [6.07, 6.45) is 5.01. The van der Waals surface area contributed by atoms with Crippen LogP contribution in [0.25, 0.3) is 5.52 Å². The van der Waals surface area contributed by atoms with E-state index >= 15 is 0 Å². The fourth-order valence-electron chi connectivity index (χ4n) is 2.65. The van der Waals surface area contributed by atoms with E-state index in [2.05, 4.69) is 21.9 Å². The first kappa shape index (κ1) is 12.8. The number of hydrogen-bond donors (Lipinski definition) is 1. The Morgan fingerprint density at radius 1 is 1.14 bits per heavy atom. The van der Waals surface area contributed by atoms with Gasteiger partial charge in [-0.05, 0) is 30.9 Å². The molecule has 2 heterocycles. The Balaban J connectivity index is 1.85. The molecule has 0 atom stereocenters. The largest absolute Gasteiger partial charge is 0.382 e. The van der Waals surface area contributed by atoms with Crippen LogP contribution in [-0.2, 0) is 0 Å². The van der Waals surface area contributed by atoms with Gasteiger partial charge in [0.05, 0.1) is 0 Å². The average molecular weight is 289 g/mol. The van der Waals surface area contributed by atoms with Crippen LogP contribution in [0.2, 0.25) is 0 Å². The predicted octanol–water partition coefficient (Wildman–Crippen LogP) is 2.37. The van der Waals surface area contributed by atoms with E-state index in [4.69, 9.17) is 10.7 Å². The molecule has 2 aromatic heterocycles. The van der Waals surface area contributed by atoms with Crippen molar-refractivity contribution in [3.8, 4) is 11.8 Å². The van der Waals surface area contributed by atoms with Gasteiger partial charge in [0, 0.05) is 11.5 Å². The first-order valence-electron chi connectivity index (χ1n) is 7.39. The third-order valence-electron chi connectivity index (χ3n) is 4.06. The van der Waals surface area contributed by atoms with Crippen molar-refractivity contribution in [1.29, 1.82) is 0 Å². The fourth-order valence-corrected chi connectivity index (χ4v) is 2.65. The van der Waals surface area contributed by atoms with Crippen LogP contribution in [-0.4, -0.2) is 19.6 Å². The Morgan fingerprint density at radius 3 is 2.68 bits per heavy atom. The van der Waals surface area contributed by atoms with E-state index in [9.17, 15) is 0 Å². The van der Waals surface area contributed by atoms with Gasteiger partial charge in [-0.25, -0.2) is 14.5 Å². The van der Waals surface area contributed by atoms with Gasteiger partial charge in [-0.15, -0.1) is 0 Å². The number of nitrogen functional groups attached to an aromatic ring is 1. The van der Waals surface area contributed by atoms with E-state index in [0.717, 1.165) is 24.2 Å². The monoisotopic (exact) mass is 289 g/mol. The molecule has 1 aliphatic carbocycles. The highest BCUT2D eigenvalue weighted by Crippen LogP contribution is 2.36. The maximum atomic E-state index is 6.02. The topological polar surface area (TPSA) is 69.1 Å². The van der Waals surface area contributed by atoms with Gasteiger partial charge >= 0.3 is 0 Å². The molecule has 0 unspecified atom stereocenters. The minimum atomic E-state index is 0.422. The minimum Gasteiger partial charge on any atom is -0.382 e. The highest BCUT2D eigenvalue weighted by Gasteiger charge is 2.26. The van der Waals surface area contributed by atoms with Crippen LogP contribution in [0.1, 0.15) is 42.3 Å². The van der Waals surface area contributed by atoms with Crippen molar-refractivity contribution >= 4 is 11.3 Å². The maximum Gasteiger partial charge on any atom is 0.154 e. The Morgan fingerprint density at radius 2 is 1.95 bits per heavy atom. The van der Waals surface area contributed by atoms with Gasteiger partial charge in [-0.1, -0.05) is 30.5 Å². The third-order valence-corrected chi connectivity index (χ3v) is 4.06. The Kier molecular flexibility index (Phi) is 3.01. The lowest BCUT2D eigenvalue weighted by atomic mass is 9.85. The molecule has 0 aliphatic heterocycles. The molecule has 5 heteroatoms. The van der Waals surface area contributed by atoms with E-state index in [-0.39, 0.29) is 0 Å². The molecule has 5 nitrogen and oxygen atoms in total. The van der Waals surface area contributed by atoms with Gasteiger partial charge in [0.15, 0.2) is 5.82 Å². The van der Waals surface area contributed by atoms with Crippen LogP contribution in [0, 0.1) is 11.8 Å². The standard InChI is InChI=1S/C17H15N5/c18-16-15-14(10-9-12-5-2-1-3-6-12)21-17(13-7-4-8-13)22(15)20-11-19-16/h1-3,5-6,11,13H,4,7-8H2,(H2,18,19,20). The van der Waals surface area contributed by atoms with E-state index < -0.39 is 0 Å². The SMILES string of the molecule is Nc1ncnn2c(C3CCC3)nc(C#Cc3ccccc3)c12. The second-order valence-corrected chi connectivity index (χ2v) is 5.47. The van der Waals surface area contributed by atoms with Crippen molar-refractivity contribution in [1.82, 2.24) is 19.6 Å². The second-order valence-electron chi connectivity index (χ2n) is 5.47. The molecule has 1 aromatic carbocycles. The highest BCUT2D eigenvalue weighted by molar-refractivity contribution is 5.73. The summed E-state index contributed by atoms with van der Waals surface area (Å²) in [7, 11) is 0. The first-order valence-corrected chi connectivity index (χ1v) is 7.39. The molecule has 0 bridgehead atoms. The van der Waals surface area contributed by atoms with Crippen LogP contribution < -0.4 is 5.73 Å². The molecule has 108 valence electrons. The van der Waals surface area contributed by atoms with Crippen LogP contribution in [0.15, 0.2) is 36.7 Å². The van der Waals surface area contributed by atoms with Crippen molar-refractivity contribution in [2.75, 3.05) is 5.73 Å². The molecule has 0 radical (unpaired) electrons. The molecule has 22 heavy (non-hydrogen) atoms. The average Bonchev–Trinajstić information content (AvgIpc) is 2.85.